The van der Waals surface area contributed by atoms with Crippen LogP contribution in [0.2, 0.25) is 5.02 Å². The van der Waals surface area contributed by atoms with E-state index in [4.69, 9.17) is 16.3 Å². The number of methoxy groups -OCH3 is 1. The molecule has 0 aliphatic carbocycles. The molecule has 0 amide bonds. The first kappa shape index (κ1) is 17.5. The predicted octanol–water partition coefficient (Wildman–Crippen LogP) is 3.54. The largest absolute Gasteiger partial charge is 0.385 e. The first-order valence-corrected chi connectivity index (χ1v) is 8.12. The van der Waals surface area contributed by atoms with Gasteiger partial charge in [0.1, 0.15) is 5.82 Å². The molecule has 0 aliphatic heterocycles. The lowest BCUT2D eigenvalue weighted by Gasteiger charge is -2.10. The molecule has 1 aromatic carbocycles. The molecule has 0 bridgehead atoms. The number of ether oxygens (including phenoxy) is 1. The monoisotopic (exact) mass is 334 g/mol. The van der Waals surface area contributed by atoms with Crippen molar-refractivity contribution in [3.05, 3.63) is 46.6 Å². The molecular weight excluding hydrogens is 312 g/mol. The van der Waals surface area contributed by atoms with Crippen LogP contribution in [0.3, 0.4) is 0 Å². The van der Waals surface area contributed by atoms with E-state index in [-0.39, 0.29) is 0 Å². The molecule has 0 radical (unpaired) electrons. The van der Waals surface area contributed by atoms with Gasteiger partial charge in [0.15, 0.2) is 0 Å². The Labute approximate surface area is 142 Å². The normalized spacial score (nSPS) is 10.6. The first-order valence-electron chi connectivity index (χ1n) is 7.74. The van der Waals surface area contributed by atoms with Gasteiger partial charge in [0, 0.05) is 43.6 Å². The Hall–Kier alpha value is -1.85. The molecule has 1 heterocycles. The smallest absolute Gasteiger partial charge is 0.224 e. The van der Waals surface area contributed by atoms with Gasteiger partial charge in [-0.1, -0.05) is 23.7 Å². The van der Waals surface area contributed by atoms with Gasteiger partial charge in [-0.15, -0.1) is 0 Å². The standard InChI is InChI=1S/C17H23ClN4O/c1-13-11-16(22-17(21-13)20-8-4-10-23-2)19-9-7-14-5-3-6-15(18)12-14/h3,5-6,11-12H,4,7-10H2,1-2H3,(H2,19,20,21,22). The molecule has 124 valence electrons. The lowest BCUT2D eigenvalue weighted by atomic mass is 10.1. The highest BCUT2D eigenvalue weighted by Gasteiger charge is 2.02. The van der Waals surface area contributed by atoms with Crippen molar-refractivity contribution in [1.82, 2.24) is 9.97 Å². The summed E-state index contributed by atoms with van der Waals surface area (Å²) in [5.74, 6) is 1.47. The van der Waals surface area contributed by atoms with Crippen molar-refractivity contribution >= 4 is 23.4 Å². The fourth-order valence-electron chi connectivity index (χ4n) is 2.18. The third-order valence-electron chi connectivity index (χ3n) is 3.27. The summed E-state index contributed by atoms with van der Waals surface area (Å²) in [5.41, 5.74) is 2.13. The molecule has 0 saturated carbocycles. The van der Waals surface area contributed by atoms with E-state index in [1.54, 1.807) is 7.11 Å². The summed E-state index contributed by atoms with van der Waals surface area (Å²) >= 11 is 6.00. The molecule has 2 aromatic rings. The first-order chi connectivity index (χ1) is 11.2. The summed E-state index contributed by atoms with van der Waals surface area (Å²) in [7, 11) is 1.70. The Morgan fingerprint density at radius 2 is 2.00 bits per heavy atom. The number of hydrogen-bond acceptors (Lipinski definition) is 5. The topological polar surface area (TPSA) is 59.1 Å². The minimum Gasteiger partial charge on any atom is -0.385 e. The van der Waals surface area contributed by atoms with E-state index in [1.807, 2.05) is 31.2 Å². The van der Waals surface area contributed by atoms with Crippen molar-refractivity contribution < 1.29 is 4.74 Å². The zero-order valence-electron chi connectivity index (χ0n) is 13.6. The maximum absolute atomic E-state index is 6.00. The van der Waals surface area contributed by atoms with Crippen LogP contribution >= 0.6 is 11.6 Å². The number of rotatable bonds is 9. The van der Waals surface area contributed by atoms with Crippen LogP contribution in [0.5, 0.6) is 0 Å². The van der Waals surface area contributed by atoms with E-state index in [0.29, 0.717) is 5.95 Å². The molecule has 2 rings (SSSR count). The number of nitrogens with zero attached hydrogens (tertiary/aromatic N) is 2. The predicted molar refractivity (Wildman–Crippen MR) is 95.4 cm³/mol. The third-order valence-corrected chi connectivity index (χ3v) is 3.51. The molecule has 0 fully saturated rings. The van der Waals surface area contributed by atoms with Gasteiger partial charge in [0.2, 0.25) is 5.95 Å². The summed E-state index contributed by atoms with van der Waals surface area (Å²) in [4.78, 5) is 8.87. The average molecular weight is 335 g/mol. The Morgan fingerprint density at radius 1 is 1.13 bits per heavy atom. The van der Waals surface area contributed by atoms with Gasteiger partial charge in [-0.25, -0.2) is 4.98 Å². The highest BCUT2D eigenvalue weighted by atomic mass is 35.5. The fourth-order valence-corrected chi connectivity index (χ4v) is 2.40. The van der Waals surface area contributed by atoms with Gasteiger partial charge in [0.05, 0.1) is 0 Å². The maximum Gasteiger partial charge on any atom is 0.224 e. The van der Waals surface area contributed by atoms with Crippen molar-refractivity contribution in [2.24, 2.45) is 0 Å². The van der Waals surface area contributed by atoms with E-state index in [9.17, 15) is 0 Å². The van der Waals surface area contributed by atoms with Gasteiger partial charge in [-0.3, -0.25) is 0 Å². The SMILES string of the molecule is COCCCNc1nc(C)cc(NCCc2cccc(Cl)c2)n1. The van der Waals surface area contributed by atoms with E-state index in [0.717, 1.165) is 49.1 Å². The van der Waals surface area contributed by atoms with Crippen molar-refractivity contribution in [3.63, 3.8) is 0 Å². The summed E-state index contributed by atoms with van der Waals surface area (Å²) in [5, 5.41) is 7.32. The van der Waals surface area contributed by atoms with Crippen molar-refractivity contribution in [1.29, 1.82) is 0 Å². The second-order valence-electron chi connectivity index (χ2n) is 5.30. The van der Waals surface area contributed by atoms with Crippen LogP contribution in [0.15, 0.2) is 30.3 Å². The molecule has 0 aliphatic rings. The number of hydrogen-bond donors (Lipinski definition) is 2. The van der Waals surface area contributed by atoms with E-state index in [2.05, 4.69) is 26.7 Å². The highest BCUT2D eigenvalue weighted by molar-refractivity contribution is 6.30. The maximum atomic E-state index is 6.00. The van der Waals surface area contributed by atoms with Gasteiger partial charge in [-0.2, -0.15) is 4.98 Å². The molecule has 5 nitrogen and oxygen atoms in total. The summed E-state index contributed by atoms with van der Waals surface area (Å²) in [6, 6.07) is 9.85. The van der Waals surface area contributed by atoms with Crippen molar-refractivity contribution in [3.8, 4) is 0 Å². The van der Waals surface area contributed by atoms with Crippen LogP contribution in [0.4, 0.5) is 11.8 Å². The van der Waals surface area contributed by atoms with Gasteiger partial charge in [-0.05, 0) is 37.5 Å². The second kappa shape index (κ2) is 9.33. The number of benzene rings is 1. The molecule has 1 aromatic heterocycles. The Kier molecular flexibility index (Phi) is 7.10. The zero-order chi connectivity index (χ0) is 16.5. The number of anilines is 2. The zero-order valence-corrected chi connectivity index (χ0v) is 14.4. The van der Waals surface area contributed by atoms with Crippen LogP contribution < -0.4 is 10.6 Å². The van der Waals surface area contributed by atoms with E-state index < -0.39 is 0 Å². The van der Waals surface area contributed by atoms with Crippen molar-refractivity contribution in [2.75, 3.05) is 37.4 Å². The summed E-state index contributed by atoms with van der Waals surface area (Å²) in [6.07, 6.45) is 1.81. The quantitative estimate of drug-likeness (QED) is 0.687. The number of nitrogens with one attached hydrogen (secondary N) is 2. The van der Waals surface area contributed by atoms with Crippen LogP contribution in [0.25, 0.3) is 0 Å². The van der Waals surface area contributed by atoms with Gasteiger partial charge >= 0.3 is 0 Å². The number of aromatic nitrogens is 2. The Balaban J connectivity index is 1.85. The lowest BCUT2D eigenvalue weighted by molar-refractivity contribution is 0.197. The number of halogens is 1. The molecular formula is C17H23ClN4O. The van der Waals surface area contributed by atoms with Crippen LogP contribution in [-0.4, -0.2) is 36.8 Å². The fraction of sp³-hybridized carbons (Fsp3) is 0.412. The average Bonchev–Trinajstić information content (AvgIpc) is 2.51. The van der Waals surface area contributed by atoms with Crippen LogP contribution in [-0.2, 0) is 11.2 Å². The van der Waals surface area contributed by atoms with E-state index >= 15 is 0 Å². The Bertz CT molecular complexity index is 621. The van der Waals surface area contributed by atoms with Crippen LogP contribution in [0.1, 0.15) is 17.7 Å². The van der Waals surface area contributed by atoms with Gasteiger partial charge < -0.3 is 15.4 Å². The highest BCUT2D eigenvalue weighted by Crippen LogP contribution is 2.12. The molecule has 0 atom stereocenters. The second-order valence-corrected chi connectivity index (χ2v) is 5.73. The minimum atomic E-state index is 0.645. The number of aryl methyl sites for hydroxylation is 1. The molecule has 2 N–H and O–H groups in total. The molecule has 6 heteroatoms. The molecule has 0 unspecified atom stereocenters. The van der Waals surface area contributed by atoms with Gasteiger partial charge in [0.25, 0.3) is 0 Å². The lowest BCUT2D eigenvalue weighted by Crippen LogP contribution is -2.11. The van der Waals surface area contributed by atoms with E-state index in [1.165, 1.54) is 5.56 Å². The summed E-state index contributed by atoms with van der Waals surface area (Å²) < 4.78 is 5.03. The third kappa shape index (κ3) is 6.42. The molecule has 0 saturated heterocycles. The van der Waals surface area contributed by atoms with Crippen molar-refractivity contribution in [2.45, 2.75) is 19.8 Å². The molecule has 0 spiro atoms. The van der Waals surface area contributed by atoms with Crippen LogP contribution in [0, 0.1) is 6.92 Å². The summed E-state index contributed by atoms with van der Waals surface area (Å²) in [6.45, 7) is 4.27. The Morgan fingerprint density at radius 3 is 2.78 bits per heavy atom. The minimum absolute atomic E-state index is 0.645. The molecule has 23 heavy (non-hydrogen) atoms.